The van der Waals surface area contributed by atoms with Crippen LogP contribution in [-0.2, 0) is 0 Å². The van der Waals surface area contributed by atoms with Crippen molar-refractivity contribution in [2.24, 2.45) is 0 Å². The molecule has 0 saturated heterocycles. The van der Waals surface area contributed by atoms with Crippen LogP contribution in [0.1, 0.15) is 18.5 Å². The van der Waals surface area contributed by atoms with E-state index in [2.05, 4.69) is 39.2 Å². The van der Waals surface area contributed by atoms with Crippen molar-refractivity contribution in [3.05, 3.63) is 58.8 Å². The van der Waals surface area contributed by atoms with Crippen LogP contribution >= 0.6 is 15.9 Å². The van der Waals surface area contributed by atoms with Crippen molar-refractivity contribution in [1.82, 2.24) is 10.3 Å². The smallest absolute Gasteiger partial charge is 0.119 e. The first-order valence-electron chi connectivity index (χ1n) is 6.27. The normalized spacial score (nSPS) is 12.1. The fourth-order valence-electron chi connectivity index (χ4n) is 1.73. The molecule has 0 bridgehead atoms. The Kier molecular flexibility index (Phi) is 5.36. The highest BCUT2D eigenvalue weighted by molar-refractivity contribution is 9.10. The Morgan fingerprint density at radius 1 is 1.26 bits per heavy atom. The van der Waals surface area contributed by atoms with E-state index in [9.17, 15) is 0 Å². The van der Waals surface area contributed by atoms with Crippen LogP contribution in [0.4, 0.5) is 0 Å². The minimum atomic E-state index is 0.280. The van der Waals surface area contributed by atoms with Crippen LogP contribution in [0.25, 0.3) is 0 Å². The predicted molar refractivity (Wildman–Crippen MR) is 80.3 cm³/mol. The summed E-state index contributed by atoms with van der Waals surface area (Å²) in [4.78, 5) is 4.11. The van der Waals surface area contributed by atoms with Gasteiger partial charge >= 0.3 is 0 Å². The van der Waals surface area contributed by atoms with Crippen LogP contribution in [0.2, 0.25) is 0 Å². The van der Waals surface area contributed by atoms with Crippen molar-refractivity contribution in [2.75, 3.05) is 13.2 Å². The van der Waals surface area contributed by atoms with E-state index in [-0.39, 0.29) is 6.04 Å². The second-order valence-corrected chi connectivity index (χ2v) is 5.18. The van der Waals surface area contributed by atoms with Crippen LogP contribution in [0.5, 0.6) is 5.75 Å². The number of nitrogens with one attached hydrogen (secondary N) is 1. The van der Waals surface area contributed by atoms with Crippen LogP contribution in [0, 0.1) is 0 Å². The number of hydrogen-bond donors (Lipinski definition) is 1. The largest absolute Gasteiger partial charge is 0.492 e. The average Bonchev–Trinajstić information content (AvgIpc) is 2.46. The lowest BCUT2D eigenvalue weighted by atomic mass is 10.1. The van der Waals surface area contributed by atoms with E-state index in [4.69, 9.17) is 4.74 Å². The Morgan fingerprint density at radius 3 is 2.74 bits per heavy atom. The van der Waals surface area contributed by atoms with Gasteiger partial charge in [-0.15, -0.1) is 0 Å². The molecule has 0 amide bonds. The fraction of sp³-hybridized carbons (Fsp3) is 0.267. The molecular weight excluding hydrogens is 304 g/mol. The van der Waals surface area contributed by atoms with Crippen LogP contribution in [0.15, 0.2) is 53.3 Å². The zero-order valence-electron chi connectivity index (χ0n) is 10.8. The molecule has 1 aromatic carbocycles. The van der Waals surface area contributed by atoms with Gasteiger partial charge in [-0.25, -0.2) is 0 Å². The lowest BCUT2D eigenvalue weighted by Gasteiger charge is -2.14. The van der Waals surface area contributed by atoms with Gasteiger partial charge in [0.2, 0.25) is 0 Å². The van der Waals surface area contributed by atoms with Crippen LogP contribution < -0.4 is 10.1 Å². The summed E-state index contributed by atoms with van der Waals surface area (Å²) in [6.45, 7) is 3.56. The molecule has 0 unspecified atom stereocenters. The molecule has 3 nitrogen and oxygen atoms in total. The predicted octanol–water partition coefficient (Wildman–Crippen LogP) is 3.57. The standard InChI is InChI=1S/C15H17BrN2O/c1-12(13-3-2-8-17-11-13)18-9-10-19-15-6-4-14(16)5-7-15/h2-8,11-12,18H,9-10H2,1H3/t12-/m1/s1. The molecule has 1 aromatic heterocycles. The van der Waals surface area contributed by atoms with Gasteiger partial charge in [0.15, 0.2) is 0 Å². The van der Waals surface area contributed by atoms with E-state index >= 15 is 0 Å². The summed E-state index contributed by atoms with van der Waals surface area (Å²) in [6, 6.07) is 12.2. The summed E-state index contributed by atoms with van der Waals surface area (Å²) < 4.78 is 6.71. The summed E-state index contributed by atoms with van der Waals surface area (Å²) >= 11 is 3.40. The Bertz CT molecular complexity index is 487. The molecule has 0 radical (unpaired) electrons. The Morgan fingerprint density at radius 2 is 2.05 bits per heavy atom. The monoisotopic (exact) mass is 320 g/mol. The Balaban J connectivity index is 1.71. The maximum Gasteiger partial charge on any atom is 0.119 e. The molecule has 2 rings (SSSR count). The first kappa shape index (κ1) is 14.0. The van der Waals surface area contributed by atoms with Crippen LogP contribution in [0.3, 0.4) is 0 Å². The first-order valence-corrected chi connectivity index (χ1v) is 7.06. The van der Waals surface area contributed by atoms with E-state index in [0.29, 0.717) is 6.61 Å². The summed E-state index contributed by atoms with van der Waals surface area (Å²) in [6.07, 6.45) is 3.67. The molecule has 1 heterocycles. The topological polar surface area (TPSA) is 34.1 Å². The molecule has 2 aromatic rings. The van der Waals surface area contributed by atoms with E-state index in [1.54, 1.807) is 6.20 Å². The minimum Gasteiger partial charge on any atom is -0.492 e. The molecule has 0 aliphatic heterocycles. The highest BCUT2D eigenvalue weighted by atomic mass is 79.9. The van der Waals surface area contributed by atoms with Gasteiger partial charge in [-0.2, -0.15) is 0 Å². The van der Waals surface area contributed by atoms with Gasteiger partial charge in [0.1, 0.15) is 12.4 Å². The number of hydrogen-bond acceptors (Lipinski definition) is 3. The summed E-state index contributed by atoms with van der Waals surface area (Å²) in [5.74, 6) is 0.888. The quantitative estimate of drug-likeness (QED) is 0.826. The van der Waals surface area contributed by atoms with Gasteiger partial charge in [0.05, 0.1) is 0 Å². The summed E-state index contributed by atoms with van der Waals surface area (Å²) in [5.41, 5.74) is 1.19. The molecular formula is C15H17BrN2O. The van der Waals surface area contributed by atoms with Crippen LogP contribution in [-0.4, -0.2) is 18.1 Å². The first-order chi connectivity index (χ1) is 9.25. The SMILES string of the molecule is C[C@@H](NCCOc1ccc(Br)cc1)c1cccnc1. The number of nitrogens with zero attached hydrogens (tertiary/aromatic N) is 1. The van der Waals surface area contributed by atoms with Gasteiger partial charge in [-0.3, -0.25) is 4.98 Å². The van der Waals surface area contributed by atoms with Crippen molar-refractivity contribution in [3.8, 4) is 5.75 Å². The van der Waals surface area contributed by atoms with Gasteiger partial charge in [0.25, 0.3) is 0 Å². The molecule has 19 heavy (non-hydrogen) atoms. The lowest BCUT2D eigenvalue weighted by Crippen LogP contribution is -2.24. The number of rotatable bonds is 6. The molecule has 0 saturated carbocycles. The van der Waals surface area contributed by atoms with Gasteiger partial charge in [-0.1, -0.05) is 22.0 Å². The number of halogens is 1. The molecule has 0 aliphatic carbocycles. The van der Waals surface area contributed by atoms with Crippen molar-refractivity contribution in [1.29, 1.82) is 0 Å². The van der Waals surface area contributed by atoms with E-state index < -0.39 is 0 Å². The zero-order valence-corrected chi connectivity index (χ0v) is 12.4. The van der Waals surface area contributed by atoms with Crippen molar-refractivity contribution >= 4 is 15.9 Å². The second-order valence-electron chi connectivity index (χ2n) is 4.26. The van der Waals surface area contributed by atoms with Gasteiger partial charge in [0, 0.05) is 29.5 Å². The fourth-order valence-corrected chi connectivity index (χ4v) is 1.99. The number of ether oxygens (including phenoxy) is 1. The number of aromatic nitrogens is 1. The highest BCUT2D eigenvalue weighted by Crippen LogP contribution is 2.16. The third-order valence-electron chi connectivity index (χ3n) is 2.82. The molecule has 0 aliphatic rings. The summed E-state index contributed by atoms with van der Waals surface area (Å²) in [7, 11) is 0. The van der Waals surface area contributed by atoms with Gasteiger partial charge in [-0.05, 0) is 42.8 Å². The molecule has 1 N–H and O–H groups in total. The summed E-state index contributed by atoms with van der Waals surface area (Å²) in [5, 5.41) is 3.41. The average molecular weight is 321 g/mol. The highest BCUT2D eigenvalue weighted by Gasteiger charge is 2.03. The second kappa shape index (κ2) is 7.26. The molecule has 0 fully saturated rings. The third-order valence-corrected chi connectivity index (χ3v) is 3.35. The number of benzene rings is 1. The van der Waals surface area contributed by atoms with E-state index in [0.717, 1.165) is 16.8 Å². The Labute approximate surface area is 122 Å². The molecule has 0 spiro atoms. The Hall–Kier alpha value is -1.39. The number of pyridine rings is 1. The maximum absolute atomic E-state index is 5.65. The molecule has 4 heteroatoms. The van der Waals surface area contributed by atoms with Crippen molar-refractivity contribution in [2.45, 2.75) is 13.0 Å². The zero-order chi connectivity index (χ0) is 13.5. The van der Waals surface area contributed by atoms with Crippen molar-refractivity contribution in [3.63, 3.8) is 0 Å². The third kappa shape index (κ3) is 4.65. The minimum absolute atomic E-state index is 0.280. The molecule has 100 valence electrons. The van der Waals surface area contributed by atoms with Gasteiger partial charge < -0.3 is 10.1 Å². The van der Waals surface area contributed by atoms with E-state index in [1.165, 1.54) is 5.56 Å². The van der Waals surface area contributed by atoms with E-state index in [1.807, 2.05) is 36.5 Å². The molecule has 1 atom stereocenters. The lowest BCUT2D eigenvalue weighted by molar-refractivity contribution is 0.307. The van der Waals surface area contributed by atoms with Crippen molar-refractivity contribution < 1.29 is 4.74 Å². The maximum atomic E-state index is 5.65.